The van der Waals surface area contributed by atoms with Crippen LogP contribution in [-0.2, 0) is 4.79 Å². The van der Waals surface area contributed by atoms with Crippen LogP contribution in [0.5, 0.6) is 11.5 Å². The number of benzene rings is 1. The standard InChI is InChI=1S/C26H22ClN7O2/c1-2-22(35)33-11-3-4-18(15-33)34-25-20(27)14-31-26(29)23(25)24(32-34)16-5-7-19(8-6-16)36-21-9-10-30-13-17(21)12-28/h2,5-10,13-14,18H,1,3-4,11,15H2,(H2,29,31). The van der Waals surface area contributed by atoms with Crippen molar-refractivity contribution < 1.29 is 9.53 Å². The van der Waals surface area contributed by atoms with E-state index in [1.165, 1.54) is 18.5 Å². The third-order valence-electron chi connectivity index (χ3n) is 6.20. The molecule has 0 spiro atoms. The van der Waals surface area contributed by atoms with E-state index in [9.17, 15) is 10.1 Å². The predicted octanol–water partition coefficient (Wildman–Crippen LogP) is 4.74. The van der Waals surface area contributed by atoms with Crippen LogP contribution < -0.4 is 10.5 Å². The number of anilines is 1. The number of aromatic nitrogens is 4. The van der Waals surface area contributed by atoms with Crippen molar-refractivity contribution in [2.75, 3.05) is 18.8 Å². The van der Waals surface area contributed by atoms with Gasteiger partial charge in [-0.2, -0.15) is 10.4 Å². The van der Waals surface area contributed by atoms with Gasteiger partial charge in [-0.05, 0) is 43.2 Å². The lowest BCUT2D eigenvalue weighted by Gasteiger charge is -2.32. The number of nitrogens with zero attached hydrogens (tertiary/aromatic N) is 6. The van der Waals surface area contributed by atoms with Crippen LogP contribution in [0.4, 0.5) is 5.82 Å². The molecule has 1 aliphatic heterocycles. The Hall–Kier alpha value is -4.42. The summed E-state index contributed by atoms with van der Waals surface area (Å²) in [6.07, 6.45) is 7.56. The highest BCUT2D eigenvalue weighted by Gasteiger charge is 2.28. The monoisotopic (exact) mass is 499 g/mol. The van der Waals surface area contributed by atoms with Crippen molar-refractivity contribution in [3.05, 3.63) is 72.2 Å². The number of fused-ring (bicyclic) bond motifs is 1. The number of piperidine rings is 1. The average molecular weight is 500 g/mol. The van der Waals surface area contributed by atoms with Gasteiger partial charge in [0.05, 0.1) is 28.2 Å². The predicted molar refractivity (Wildman–Crippen MR) is 136 cm³/mol. The van der Waals surface area contributed by atoms with Gasteiger partial charge in [0.2, 0.25) is 5.91 Å². The topological polar surface area (TPSA) is 123 Å². The fraction of sp³-hybridized carbons (Fsp3) is 0.192. The molecular weight excluding hydrogens is 478 g/mol. The van der Waals surface area contributed by atoms with Gasteiger partial charge >= 0.3 is 0 Å². The highest BCUT2D eigenvalue weighted by molar-refractivity contribution is 6.35. The van der Waals surface area contributed by atoms with E-state index in [1.54, 1.807) is 29.3 Å². The number of carbonyl (C=O) groups excluding carboxylic acids is 1. The second-order valence-corrected chi connectivity index (χ2v) is 8.81. The molecule has 1 saturated heterocycles. The van der Waals surface area contributed by atoms with Crippen LogP contribution in [-0.4, -0.2) is 43.6 Å². The van der Waals surface area contributed by atoms with E-state index < -0.39 is 0 Å². The number of nitrogens with two attached hydrogens (primary N) is 1. The zero-order valence-corrected chi connectivity index (χ0v) is 20.0. The summed E-state index contributed by atoms with van der Waals surface area (Å²) in [7, 11) is 0. The van der Waals surface area contributed by atoms with Gasteiger partial charge in [-0.15, -0.1) is 0 Å². The largest absolute Gasteiger partial charge is 0.456 e. The van der Waals surface area contributed by atoms with E-state index in [-0.39, 0.29) is 11.9 Å². The van der Waals surface area contributed by atoms with Crippen LogP contribution in [0.2, 0.25) is 5.02 Å². The van der Waals surface area contributed by atoms with E-state index in [1.807, 2.05) is 16.8 Å². The molecule has 9 nitrogen and oxygen atoms in total. The van der Waals surface area contributed by atoms with E-state index in [4.69, 9.17) is 27.2 Å². The van der Waals surface area contributed by atoms with Crippen molar-refractivity contribution in [2.45, 2.75) is 18.9 Å². The Morgan fingerprint density at radius 3 is 2.83 bits per heavy atom. The van der Waals surface area contributed by atoms with E-state index in [2.05, 4.69) is 22.6 Å². The number of nitrogen functional groups attached to an aromatic ring is 1. The number of carbonyl (C=O) groups is 1. The molecule has 0 bridgehead atoms. The molecule has 5 rings (SSSR count). The highest BCUT2D eigenvalue weighted by Crippen LogP contribution is 2.38. The normalized spacial score (nSPS) is 15.4. The Morgan fingerprint density at radius 2 is 2.08 bits per heavy atom. The molecule has 180 valence electrons. The Morgan fingerprint density at radius 1 is 1.28 bits per heavy atom. The molecule has 3 aromatic heterocycles. The Balaban J connectivity index is 1.53. The highest BCUT2D eigenvalue weighted by atomic mass is 35.5. The van der Waals surface area contributed by atoms with Crippen molar-refractivity contribution in [2.24, 2.45) is 0 Å². The first-order valence-corrected chi connectivity index (χ1v) is 11.7. The molecule has 10 heteroatoms. The maximum Gasteiger partial charge on any atom is 0.246 e. The van der Waals surface area contributed by atoms with Crippen molar-refractivity contribution in [3.63, 3.8) is 0 Å². The average Bonchev–Trinajstić information content (AvgIpc) is 3.33. The molecule has 1 fully saturated rings. The molecule has 1 unspecified atom stereocenters. The van der Waals surface area contributed by atoms with E-state index in [0.717, 1.165) is 18.4 Å². The number of ether oxygens (including phenoxy) is 1. The number of halogens is 1. The number of hydrogen-bond donors (Lipinski definition) is 1. The summed E-state index contributed by atoms with van der Waals surface area (Å²) in [5, 5.41) is 15.3. The molecule has 4 aromatic rings. The van der Waals surface area contributed by atoms with Crippen LogP contribution in [0.25, 0.3) is 22.2 Å². The number of hydrogen-bond acceptors (Lipinski definition) is 7. The molecule has 0 saturated carbocycles. The summed E-state index contributed by atoms with van der Waals surface area (Å²) in [4.78, 5) is 22.2. The van der Waals surface area contributed by atoms with Crippen LogP contribution in [0.3, 0.4) is 0 Å². The summed E-state index contributed by atoms with van der Waals surface area (Å²) in [6, 6.07) is 11.0. The first-order chi connectivity index (χ1) is 17.5. The van der Waals surface area contributed by atoms with Crippen molar-refractivity contribution in [3.8, 4) is 28.8 Å². The fourth-order valence-electron chi connectivity index (χ4n) is 4.47. The van der Waals surface area contributed by atoms with Crippen LogP contribution >= 0.6 is 11.6 Å². The Bertz CT molecular complexity index is 1510. The number of likely N-dealkylation sites (tertiary alicyclic amines) is 1. The van der Waals surface area contributed by atoms with Crippen LogP contribution in [0.1, 0.15) is 24.4 Å². The maximum atomic E-state index is 12.2. The maximum absolute atomic E-state index is 12.2. The van der Waals surface area contributed by atoms with E-state index >= 15 is 0 Å². The van der Waals surface area contributed by atoms with Crippen molar-refractivity contribution >= 4 is 34.2 Å². The molecular formula is C26H22ClN7O2. The lowest BCUT2D eigenvalue weighted by atomic mass is 10.1. The summed E-state index contributed by atoms with van der Waals surface area (Å²) in [5.74, 6) is 1.19. The Labute approximate surface area is 212 Å². The summed E-state index contributed by atoms with van der Waals surface area (Å²) in [6.45, 7) is 4.78. The van der Waals surface area contributed by atoms with Gasteiger partial charge in [-0.3, -0.25) is 14.5 Å². The molecule has 36 heavy (non-hydrogen) atoms. The number of nitriles is 1. The van der Waals surface area contributed by atoms with Gasteiger partial charge in [0, 0.05) is 37.1 Å². The molecule has 0 radical (unpaired) electrons. The number of pyridine rings is 2. The van der Waals surface area contributed by atoms with Crippen LogP contribution in [0, 0.1) is 11.3 Å². The minimum atomic E-state index is -0.104. The van der Waals surface area contributed by atoms with Gasteiger partial charge < -0.3 is 15.4 Å². The number of amides is 1. The second kappa shape index (κ2) is 9.68. The first kappa shape index (κ1) is 23.3. The number of rotatable bonds is 5. The molecule has 2 N–H and O–H groups in total. The summed E-state index contributed by atoms with van der Waals surface area (Å²) in [5.41, 5.74) is 8.77. The summed E-state index contributed by atoms with van der Waals surface area (Å²) >= 11 is 6.60. The zero-order chi connectivity index (χ0) is 25.2. The van der Waals surface area contributed by atoms with Gasteiger partial charge in [0.25, 0.3) is 0 Å². The molecule has 1 atom stereocenters. The minimum absolute atomic E-state index is 0.0723. The SMILES string of the molecule is C=CC(=O)N1CCCC(n2nc(-c3ccc(Oc4ccncc4C#N)cc3)c3c(N)ncc(Cl)c32)C1. The van der Waals surface area contributed by atoms with Crippen LogP contribution in [0.15, 0.2) is 61.6 Å². The summed E-state index contributed by atoms with van der Waals surface area (Å²) < 4.78 is 7.74. The third-order valence-corrected chi connectivity index (χ3v) is 6.47. The molecule has 4 heterocycles. The zero-order valence-electron chi connectivity index (χ0n) is 19.3. The fourth-order valence-corrected chi connectivity index (χ4v) is 4.70. The molecule has 1 amide bonds. The molecule has 0 aliphatic carbocycles. The third kappa shape index (κ3) is 4.23. The lowest BCUT2D eigenvalue weighted by molar-refractivity contribution is -0.127. The molecule has 1 aromatic carbocycles. The quantitative estimate of drug-likeness (QED) is 0.393. The second-order valence-electron chi connectivity index (χ2n) is 8.40. The van der Waals surface area contributed by atoms with Crippen molar-refractivity contribution in [1.29, 1.82) is 5.26 Å². The van der Waals surface area contributed by atoms with E-state index in [0.29, 0.717) is 57.6 Å². The smallest absolute Gasteiger partial charge is 0.246 e. The lowest BCUT2D eigenvalue weighted by Crippen LogP contribution is -2.40. The van der Waals surface area contributed by atoms with Gasteiger partial charge in [0.15, 0.2) is 0 Å². The molecule has 1 aliphatic rings. The van der Waals surface area contributed by atoms with Gasteiger partial charge in [0.1, 0.15) is 34.6 Å². The van der Waals surface area contributed by atoms with Gasteiger partial charge in [-0.25, -0.2) is 4.98 Å². The van der Waals surface area contributed by atoms with Gasteiger partial charge in [-0.1, -0.05) is 18.2 Å². The minimum Gasteiger partial charge on any atom is -0.456 e. The first-order valence-electron chi connectivity index (χ1n) is 11.4. The Kier molecular flexibility index (Phi) is 6.27. The van der Waals surface area contributed by atoms with Crippen molar-refractivity contribution in [1.82, 2.24) is 24.6 Å².